The van der Waals surface area contributed by atoms with Gasteiger partial charge >= 0.3 is 0 Å². The van der Waals surface area contributed by atoms with Crippen molar-refractivity contribution in [3.8, 4) is 44.5 Å². The van der Waals surface area contributed by atoms with Gasteiger partial charge in [-0.25, -0.2) is 0 Å². The van der Waals surface area contributed by atoms with Crippen molar-refractivity contribution in [2.24, 2.45) is 0 Å². The van der Waals surface area contributed by atoms with Crippen molar-refractivity contribution in [1.82, 2.24) is 16.0 Å². The summed E-state index contributed by atoms with van der Waals surface area (Å²) in [5.74, 6) is 0. The van der Waals surface area contributed by atoms with Crippen LogP contribution in [0, 0.1) is 0 Å². The predicted molar refractivity (Wildman–Crippen MR) is 242 cm³/mol. The lowest BCUT2D eigenvalue weighted by Gasteiger charge is -2.39. The number of rotatable bonds is 5. The first-order valence-corrected chi connectivity index (χ1v) is 20.7. The molecule has 9 aromatic rings. The normalized spacial score (nSPS) is 18.3. The number of hydrogen-bond donors (Lipinski definition) is 3. The molecule has 1 saturated heterocycles. The van der Waals surface area contributed by atoms with Crippen molar-refractivity contribution >= 4 is 10.8 Å². The monoisotopic (exact) mass is 755 g/mol. The summed E-state index contributed by atoms with van der Waals surface area (Å²) in [6.45, 7) is 0. The van der Waals surface area contributed by atoms with Crippen LogP contribution >= 0.6 is 0 Å². The number of benzene rings is 9. The molecular formula is C56H41N3. The van der Waals surface area contributed by atoms with Crippen molar-refractivity contribution in [2.45, 2.75) is 23.9 Å². The number of fused-ring (bicyclic) bond motifs is 11. The fraction of sp³-hybridized carbons (Fsp3) is 0.0714. The van der Waals surface area contributed by atoms with Crippen LogP contribution in [-0.4, -0.2) is 0 Å². The maximum absolute atomic E-state index is 3.91. The molecule has 3 N–H and O–H groups in total. The molecule has 0 aromatic heterocycles. The van der Waals surface area contributed by atoms with E-state index in [0.29, 0.717) is 0 Å². The van der Waals surface area contributed by atoms with Gasteiger partial charge in [-0.3, -0.25) is 16.0 Å². The molecule has 3 nitrogen and oxygen atoms in total. The van der Waals surface area contributed by atoms with Crippen molar-refractivity contribution in [3.63, 3.8) is 0 Å². The summed E-state index contributed by atoms with van der Waals surface area (Å²) in [5.41, 5.74) is 18.8. The summed E-state index contributed by atoms with van der Waals surface area (Å²) in [6.07, 6.45) is -0.192. The molecule has 1 fully saturated rings. The van der Waals surface area contributed by atoms with Gasteiger partial charge in [0.05, 0.1) is 23.9 Å². The van der Waals surface area contributed by atoms with Crippen LogP contribution in [0.4, 0.5) is 0 Å². The minimum atomic E-state index is -0.400. The highest BCUT2D eigenvalue weighted by Crippen LogP contribution is 2.63. The third-order valence-corrected chi connectivity index (χ3v) is 13.0. The van der Waals surface area contributed by atoms with Crippen LogP contribution in [0.5, 0.6) is 0 Å². The Kier molecular flexibility index (Phi) is 7.89. The summed E-state index contributed by atoms with van der Waals surface area (Å²) in [7, 11) is 0. The molecule has 9 aromatic carbocycles. The van der Waals surface area contributed by atoms with Gasteiger partial charge in [-0.1, -0.05) is 200 Å². The molecule has 3 heteroatoms. The topological polar surface area (TPSA) is 36.1 Å². The van der Waals surface area contributed by atoms with Gasteiger partial charge in [-0.15, -0.1) is 0 Å². The highest BCUT2D eigenvalue weighted by molar-refractivity contribution is 6.05. The van der Waals surface area contributed by atoms with Crippen LogP contribution in [0.3, 0.4) is 0 Å². The van der Waals surface area contributed by atoms with E-state index in [1.54, 1.807) is 0 Å². The number of hydrogen-bond acceptors (Lipinski definition) is 3. The third-order valence-electron chi connectivity index (χ3n) is 13.0. The second-order valence-electron chi connectivity index (χ2n) is 16.1. The zero-order valence-electron chi connectivity index (χ0n) is 32.4. The van der Waals surface area contributed by atoms with Crippen LogP contribution in [0.15, 0.2) is 212 Å². The smallest absolute Gasteiger partial charge is 0.0864 e. The largest absolute Gasteiger partial charge is 0.279 e. The highest BCUT2D eigenvalue weighted by Gasteiger charge is 2.51. The molecule has 1 aliphatic heterocycles. The SMILES string of the molecule is c1ccc(C2NC(c3ccccc3)NC(c3cccc(-c4c(-c5ccc6c(c5)C5(c7ccccc7-c7ccccc75)c5ccccc5-6)ccc5ccccc45)c3)N2)cc1. The zero-order valence-corrected chi connectivity index (χ0v) is 32.4. The Hall–Kier alpha value is -6.88. The van der Waals surface area contributed by atoms with Crippen LogP contribution in [0.1, 0.15) is 57.4 Å². The summed E-state index contributed by atoms with van der Waals surface area (Å²) >= 11 is 0. The maximum Gasteiger partial charge on any atom is 0.0864 e. The van der Waals surface area contributed by atoms with Gasteiger partial charge in [0.2, 0.25) is 0 Å². The lowest BCUT2D eigenvalue weighted by molar-refractivity contribution is 0.203. The Morgan fingerprint density at radius 2 is 0.780 bits per heavy atom. The summed E-state index contributed by atoms with van der Waals surface area (Å²) in [6, 6.07) is 78.4. The predicted octanol–water partition coefficient (Wildman–Crippen LogP) is 12.7. The Morgan fingerprint density at radius 1 is 0.305 bits per heavy atom. The molecular weight excluding hydrogens is 715 g/mol. The lowest BCUT2D eigenvalue weighted by Crippen LogP contribution is -2.54. The second-order valence-corrected chi connectivity index (χ2v) is 16.1. The number of nitrogens with one attached hydrogen (secondary N) is 3. The zero-order chi connectivity index (χ0) is 38.9. The van der Waals surface area contributed by atoms with E-state index in [-0.39, 0.29) is 18.5 Å². The molecule has 59 heavy (non-hydrogen) atoms. The van der Waals surface area contributed by atoms with Gasteiger partial charge in [0.25, 0.3) is 0 Å². The van der Waals surface area contributed by atoms with Crippen molar-refractivity contribution in [3.05, 3.63) is 251 Å². The fourth-order valence-electron chi connectivity index (χ4n) is 10.5. The second kappa shape index (κ2) is 13.6. The first-order valence-electron chi connectivity index (χ1n) is 20.7. The first-order chi connectivity index (χ1) is 29.3. The molecule has 2 unspecified atom stereocenters. The van der Waals surface area contributed by atoms with E-state index in [9.17, 15) is 0 Å². The average molecular weight is 756 g/mol. The molecule has 0 amide bonds. The Balaban J connectivity index is 1.03. The highest BCUT2D eigenvalue weighted by atomic mass is 15.4. The van der Waals surface area contributed by atoms with E-state index < -0.39 is 5.41 Å². The molecule has 1 heterocycles. The van der Waals surface area contributed by atoms with E-state index in [4.69, 9.17) is 0 Å². The molecule has 2 atom stereocenters. The van der Waals surface area contributed by atoms with Gasteiger partial charge in [0, 0.05) is 0 Å². The van der Waals surface area contributed by atoms with Crippen LogP contribution in [-0.2, 0) is 5.41 Å². The first kappa shape index (κ1) is 34.2. The van der Waals surface area contributed by atoms with E-state index >= 15 is 0 Å². The van der Waals surface area contributed by atoms with E-state index in [2.05, 4.69) is 228 Å². The van der Waals surface area contributed by atoms with Gasteiger partial charge in [-0.2, -0.15) is 0 Å². The van der Waals surface area contributed by atoms with E-state index in [1.807, 2.05) is 0 Å². The fourth-order valence-corrected chi connectivity index (χ4v) is 10.5. The molecule has 0 bridgehead atoms. The minimum Gasteiger partial charge on any atom is -0.279 e. The molecule has 0 radical (unpaired) electrons. The van der Waals surface area contributed by atoms with Gasteiger partial charge in [0.15, 0.2) is 0 Å². The van der Waals surface area contributed by atoms with Crippen molar-refractivity contribution < 1.29 is 0 Å². The Bertz CT molecular complexity index is 2950. The Labute approximate surface area is 345 Å². The lowest BCUT2D eigenvalue weighted by atomic mass is 9.70. The van der Waals surface area contributed by atoms with Crippen LogP contribution < -0.4 is 16.0 Å². The van der Waals surface area contributed by atoms with Crippen LogP contribution in [0.2, 0.25) is 0 Å². The van der Waals surface area contributed by atoms with Gasteiger partial charge in [0.1, 0.15) is 0 Å². The molecule has 280 valence electrons. The van der Waals surface area contributed by atoms with Crippen molar-refractivity contribution in [1.29, 1.82) is 0 Å². The molecule has 3 aliphatic rings. The summed E-state index contributed by atoms with van der Waals surface area (Å²) in [5, 5.41) is 14.1. The van der Waals surface area contributed by atoms with E-state index in [1.165, 1.54) is 94.2 Å². The molecule has 12 rings (SSSR count). The maximum atomic E-state index is 3.91. The Morgan fingerprint density at radius 3 is 1.39 bits per heavy atom. The quantitative estimate of drug-likeness (QED) is 0.164. The molecule has 2 aliphatic carbocycles. The third kappa shape index (κ3) is 5.26. The average Bonchev–Trinajstić information content (AvgIpc) is 3.79. The summed E-state index contributed by atoms with van der Waals surface area (Å²) < 4.78 is 0. The van der Waals surface area contributed by atoms with Crippen LogP contribution in [0.25, 0.3) is 55.3 Å². The summed E-state index contributed by atoms with van der Waals surface area (Å²) in [4.78, 5) is 0. The molecule has 1 spiro atoms. The molecule has 0 saturated carbocycles. The van der Waals surface area contributed by atoms with Crippen molar-refractivity contribution in [2.75, 3.05) is 0 Å². The van der Waals surface area contributed by atoms with Gasteiger partial charge < -0.3 is 0 Å². The van der Waals surface area contributed by atoms with Gasteiger partial charge in [-0.05, 0) is 106 Å². The standard InChI is InChI=1S/C56H41N3/c1-3-17-37(18-4-1)53-57-54(38-19-5-2-6-20-38)59-55(58-53)41-22-15-21-40(34-41)52-42-23-8-7-16-36(42)30-32-43(52)39-31-33-47-46-26-11-14-29-50(46)56(51(47)35-39)48-27-12-9-24-44(48)45-25-10-13-28-49(45)56/h1-35,53-55,57-59H. The van der Waals surface area contributed by atoms with E-state index in [0.717, 1.165) is 0 Å². The minimum absolute atomic E-state index is 0.0434.